The Kier molecular flexibility index (Phi) is 7.21. The number of rotatable bonds is 6. The van der Waals surface area contributed by atoms with Gasteiger partial charge in [-0.3, -0.25) is 19.7 Å². The zero-order valence-corrected chi connectivity index (χ0v) is 18.0. The SMILES string of the molecule is CN(C)C(=O)Sc1ccc(NC(=O)Cc2csc(NC(=O)c3ccccc3)n2)cc1. The van der Waals surface area contributed by atoms with Crippen LogP contribution in [0.5, 0.6) is 0 Å². The van der Waals surface area contributed by atoms with Crippen molar-refractivity contribution in [2.45, 2.75) is 11.3 Å². The van der Waals surface area contributed by atoms with E-state index in [0.29, 0.717) is 22.1 Å². The molecule has 3 aromatic rings. The zero-order chi connectivity index (χ0) is 21.5. The molecule has 0 spiro atoms. The minimum atomic E-state index is -0.244. The molecule has 7 nitrogen and oxygen atoms in total. The summed E-state index contributed by atoms with van der Waals surface area (Å²) in [4.78, 5) is 42.8. The molecule has 0 bridgehead atoms. The van der Waals surface area contributed by atoms with Crippen LogP contribution in [0.15, 0.2) is 64.9 Å². The molecule has 3 rings (SSSR count). The van der Waals surface area contributed by atoms with Crippen molar-refractivity contribution < 1.29 is 14.4 Å². The lowest BCUT2D eigenvalue weighted by Crippen LogP contribution is -2.16. The number of thioether (sulfide) groups is 1. The van der Waals surface area contributed by atoms with E-state index in [9.17, 15) is 14.4 Å². The maximum Gasteiger partial charge on any atom is 0.285 e. The van der Waals surface area contributed by atoms with Crippen molar-refractivity contribution in [3.05, 3.63) is 71.2 Å². The molecule has 1 aromatic heterocycles. The molecule has 30 heavy (non-hydrogen) atoms. The van der Waals surface area contributed by atoms with Gasteiger partial charge < -0.3 is 10.2 Å². The first-order valence-corrected chi connectivity index (χ1v) is 10.7. The van der Waals surface area contributed by atoms with Crippen LogP contribution in [0.4, 0.5) is 15.6 Å². The third-order valence-corrected chi connectivity index (χ3v) is 5.71. The van der Waals surface area contributed by atoms with Gasteiger partial charge in [0, 0.05) is 35.6 Å². The third kappa shape index (κ3) is 6.16. The molecule has 9 heteroatoms. The van der Waals surface area contributed by atoms with E-state index in [2.05, 4.69) is 15.6 Å². The van der Waals surface area contributed by atoms with Crippen LogP contribution in [0.2, 0.25) is 0 Å². The Hall–Kier alpha value is -3.17. The van der Waals surface area contributed by atoms with Gasteiger partial charge in [0.15, 0.2) is 5.13 Å². The van der Waals surface area contributed by atoms with Crippen molar-refractivity contribution >= 4 is 51.0 Å². The van der Waals surface area contributed by atoms with E-state index in [1.807, 2.05) is 6.07 Å². The summed E-state index contributed by atoms with van der Waals surface area (Å²) >= 11 is 2.39. The van der Waals surface area contributed by atoms with Crippen molar-refractivity contribution in [2.24, 2.45) is 0 Å². The quantitative estimate of drug-likeness (QED) is 0.556. The van der Waals surface area contributed by atoms with E-state index in [4.69, 9.17) is 0 Å². The van der Waals surface area contributed by atoms with E-state index in [1.54, 1.807) is 68.0 Å². The second-order valence-corrected chi connectivity index (χ2v) is 8.36. The molecule has 0 aliphatic carbocycles. The highest BCUT2D eigenvalue weighted by molar-refractivity contribution is 8.13. The van der Waals surface area contributed by atoms with E-state index in [1.165, 1.54) is 16.2 Å². The molecule has 0 fully saturated rings. The number of benzene rings is 2. The van der Waals surface area contributed by atoms with Gasteiger partial charge in [-0.25, -0.2) is 4.98 Å². The monoisotopic (exact) mass is 440 g/mol. The van der Waals surface area contributed by atoms with Gasteiger partial charge in [-0.1, -0.05) is 18.2 Å². The second kappa shape index (κ2) is 10.0. The first-order valence-electron chi connectivity index (χ1n) is 9.00. The molecular weight excluding hydrogens is 420 g/mol. The van der Waals surface area contributed by atoms with Gasteiger partial charge in [0.1, 0.15) is 0 Å². The largest absolute Gasteiger partial charge is 0.339 e. The van der Waals surface area contributed by atoms with Crippen molar-refractivity contribution in [2.75, 3.05) is 24.7 Å². The van der Waals surface area contributed by atoms with Gasteiger partial charge in [0.05, 0.1) is 12.1 Å². The maximum atomic E-state index is 12.3. The van der Waals surface area contributed by atoms with Gasteiger partial charge in [-0.15, -0.1) is 11.3 Å². The van der Waals surface area contributed by atoms with Crippen molar-refractivity contribution in [3.8, 4) is 0 Å². The van der Waals surface area contributed by atoms with E-state index >= 15 is 0 Å². The molecule has 0 saturated heterocycles. The summed E-state index contributed by atoms with van der Waals surface area (Å²) in [5, 5.41) is 7.66. The summed E-state index contributed by atoms with van der Waals surface area (Å²) in [6.07, 6.45) is 0.0906. The number of carbonyl (C=O) groups excluding carboxylic acids is 3. The van der Waals surface area contributed by atoms with Crippen molar-refractivity contribution in [3.63, 3.8) is 0 Å². The van der Waals surface area contributed by atoms with Gasteiger partial charge in [0.25, 0.3) is 11.1 Å². The molecule has 1 heterocycles. The average Bonchev–Trinajstić information content (AvgIpc) is 3.16. The van der Waals surface area contributed by atoms with Gasteiger partial charge in [-0.2, -0.15) is 0 Å². The van der Waals surface area contributed by atoms with Crippen LogP contribution in [-0.2, 0) is 11.2 Å². The molecule has 0 atom stereocenters. The summed E-state index contributed by atoms with van der Waals surface area (Å²) in [7, 11) is 3.39. The summed E-state index contributed by atoms with van der Waals surface area (Å²) in [6.45, 7) is 0. The lowest BCUT2D eigenvalue weighted by Gasteiger charge is -2.09. The Morgan fingerprint density at radius 1 is 1.00 bits per heavy atom. The van der Waals surface area contributed by atoms with Crippen LogP contribution in [-0.4, -0.2) is 41.0 Å². The van der Waals surface area contributed by atoms with Crippen LogP contribution >= 0.6 is 23.1 Å². The number of nitrogens with zero attached hydrogens (tertiary/aromatic N) is 2. The lowest BCUT2D eigenvalue weighted by atomic mass is 10.2. The molecule has 154 valence electrons. The summed E-state index contributed by atoms with van der Waals surface area (Å²) in [5.41, 5.74) is 1.75. The summed E-state index contributed by atoms with van der Waals surface area (Å²) in [5.74, 6) is -0.460. The first kappa shape index (κ1) is 21.5. The van der Waals surface area contributed by atoms with Crippen LogP contribution in [0.3, 0.4) is 0 Å². The molecule has 0 aliphatic rings. The Balaban J connectivity index is 1.52. The first-order chi connectivity index (χ1) is 14.4. The van der Waals surface area contributed by atoms with E-state index < -0.39 is 0 Å². The third-order valence-electron chi connectivity index (χ3n) is 3.86. The van der Waals surface area contributed by atoms with Gasteiger partial charge in [0.2, 0.25) is 5.91 Å². The molecule has 2 aromatic carbocycles. The second-order valence-electron chi connectivity index (χ2n) is 6.48. The fourth-order valence-electron chi connectivity index (χ4n) is 2.37. The minimum absolute atomic E-state index is 0.0644. The molecule has 3 amide bonds. The molecular formula is C21H20N4O3S2. The Morgan fingerprint density at radius 3 is 2.37 bits per heavy atom. The Bertz CT molecular complexity index is 1030. The average molecular weight is 441 g/mol. The van der Waals surface area contributed by atoms with E-state index in [0.717, 1.165) is 16.7 Å². The van der Waals surface area contributed by atoms with Crippen molar-refractivity contribution in [1.82, 2.24) is 9.88 Å². The normalized spacial score (nSPS) is 10.3. The molecule has 0 saturated carbocycles. The van der Waals surface area contributed by atoms with Crippen LogP contribution in [0.1, 0.15) is 16.1 Å². The number of carbonyl (C=O) groups is 3. The molecule has 0 radical (unpaired) electrons. The van der Waals surface area contributed by atoms with Gasteiger partial charge in [-0.05, 0) is 48.2 Å². The highest BCUT2D eigenvalue weighted by Gasteiger charge is 2.12. The van der Waals surface area contributed by atoms with Crippen LogP contribution in [0, 0.1) is 0 Å². The smallest absolute Gasteiger partial charge is 0.285 e. The Labute approximate surface area is 182 Å². The number of amides is 3. The van der Waals surface area contributed by atoms with E-state index in [-0.39, 0.29) is 23.5 Å². The fourth-order valence-corrected chi connectivity index (χ4v) is 3.73. The highest BCUT2D eigenvalue weighted by Crippen LogP contribution is 2.23. The number of hydrogen-bond donors (Lipinski definition) is 2. The maximum absolute atomic E-state index is 12.3. The Morgan fingerprint density at radius 2 is 1.70 bits per heavy atom. The van der Waals surface area contributed by atoms with Crippen LogP contribution < -0.4 is 10.6 Å². The predicted molar refractivity (Wildman–Crippen MR) is 120 cm³/mol. The molecule has 0 aliphatic heterocycles. The topological polar surface area (TPSA) is 91.4 Å². The van der Waals surface area contributed by atoms with Gasteiger partial charge >= 0.3 is 0 Å². The lowest BCUT2D eigenvalue weighted by molar-refractivity contribution is -0.115. The number of anilines is 2. The summed E-state index contributed by atoms with van der Waals surface area (Å²) in [6, 6.07) is 15.9. The highest BCUT2D eigenvalue weighted by atomic mass is 32.2. The number of hydrogen-bond acceptors (Lipinski definition) is 6. The standard InChI is InChI=1S/C21H20N4O3S2/c1-25(2)21(28)30-17-10-8-15(9-11-17)22-18(26)12-16-13-29-20(23-16)24-19(27)14-6-4-3-5-7-14/h3-11,13H,12H2,1-2H3,(H,22,26)(H,23,24,27). The number of thiazole rings is 1. The van der Waals surface area contributed by atoms with Crippen molar-refractivity contribution in [1.29, 1.82) is 0 Å². The number of nitrogens with one attached hydrogen (secondary N) is 2. The zero-order valence-electron chi connectivity index (χ0n) is 16.4. The van der Waals surface area contributed by atoms with Crippen LogP contribution in [0.25, 0.3) is 0 Å². The summed E-state index contributed by atoms with van der Waals surface area (Å²) < 4.78 is 0. The predicted octanol–water partition coefficient (Wildman–Crippen LogP) is 4.35. The molecule has 2 N–H and O–H groups in total. The minimum Gasteiger partial charge on any atom is -0.339 e. The molecule has 0 unspecified atom stereocenters. The fraction of sp³-hybridized carbons (Fsp3) is 0.143. The number of aromatic nitrogens is 1.